The number of amides is 1. The van der Waals surface area contributed by atoms with Crippen LogP contribution in [0.3, 0.4) is 0 Å². The average molecular weight is 453 g/mol. The molecule has 33 heavy (non-hydrogen) atoms. The van der Waals surface area contributed by atoms with Crippen molar-refractivity contribution in [3.05, 3.63) is 102 Å². The predicted molar refractivity (Wildman–Crippen MR) is 132 cm³/mol. The molecular weight excluding hydrogens is 434 g/mol. The van der Waals surface area contributed by atoms with Gasteiger partial charge < -0.3 is 15.6 Å². The van der Waals surface area contributed by atoms with Crippen LogP contribution < -0.4 is 10.6 Å². The molecule has 1 radical (unpaired) electrons. The maximum absolute atomic E-state index is 12.4. The Balaban J connectivity index is 1.35. The van der Waals surface area contributed by atoms with Gasteiger partial charge in [-0.1, -0.05) is 54.1 Å². The van der Waals surface area contributed by atoms with Crippen LogP contribution in [-0.2, 0) is 11.2 Å². The van der Waals surface area contributed by atoms with E-state index >= 15 is 0 Å². The fourth-order valence-corrected chi connectivity index (χ4v) is 3.83. The summed E-state index contributed by atoms with van der Waals surface area (Å²) >= 11 is 6.43. The molecule has 0 aliphatic rings. The molecule has 5 aromatic rings. The molecule has 1 amide bonds. The molecule has 2 aromatic heterocycles. The first-order chi connectivity index (χ1) is 16.2. The van der Waals surface area contributed by atoms with E-state index in [2.05, 4.69) is 31.7 Å². The maximum atomic E-state index is 12.4. The molecule has 0 unspecified atom stereocenters. The molecule has 5 rings (SSSR count). The number of benzene rings is 3. The van der Waals surface area contributed by atoms with Crippen molar-refractivity contribution in [3.63, 3.8) is 0 Å². The number of rotatable bonds is 6. The van der Waals surface area contributed by atoms with Gasteiger partial charge in [0.15, 0.2) is 0 Å². The number of halogens is 1. The average Bonchev–Trinajstić information content (AvgIpc) is 3.25. The third-order valence-corrected chi connectivity index (χ3v) is 5.41. The minimum absolute atomic E-state index is 0.0947. The number of hydrogen-bond acceptors (Lipinski definition) is 4. The molecule has 3 N–H and O–H groups in total. The SMILES string of the molecule is O=C(Cc1cccc(Nc2ncc(Cl)c(-c3c[nH]c4ccccc34)n2)c1)Nc1cc[c]cc1. The van der Waals surface area contributed by atoms with Crippen LogP contribution in [0.2, 0.25) is 5.02 Å². The number of para-hydroxylation sites is 1. The van der Waals surface area contributed by atoms with Gasteiger partial charge in [0.1, 0.15) is 0 Å². The Hall–Kier alpha value is -4.16. The van der Waals surface area contributed by atoms with E-state index in [4.69, 9.17) is 11.6 Å². The first-order valence-electron chi connectivity index (χ1n) is 10.4. The highest BCUT2D eigenvalue weighted by Gasteiger charge is 2.13. The Morgan fingerprint density at radius 2 is 1.88 bits per heavy atom. The number of carbonyl (C=O) groups is 1. The van der Waals surface area contributed by atoms with E-state index in [1.807, 2.05) is 54.7 Å². The zero-order valence-electron chi connectivity index (χ0n) is 17.5. The van der Waals surface area contributed by atoms with E-state index in [-0.39, 0.29) is 12.3 Å². The number of fused-ring (bicyclic) bond motifs is 1. The maximum Gasteiger partial charge on any atom is 0.228 e. The van der Waals surface area contributed by atoms with E-state index in [0.29, 0.717) is 16.7 Å². The first-order valence-corrected chi connectivity index (χ1v) is 10.7. The van der Waals surface area contributed by atoms with Gasteiger partial charge >= 0.3 is 0 Å². The molecule has 0 bridgehead atoms. The van der Waals surface area contributed by atoms with Crippen molar-refractivity contribution in [2.45, 2.75) is 6.42 Å². The van der Waals surface area contributed by atoms with Crippen LogP contribution in [0.15, 0.2) is 85.2 Å². The second-order valence-corrected chi connectivity index (χ2v) is 7.88. The molecule has 0 saturated carbocycles. The normalized spacial score (nSPS) is 10.8. The van der Waals surface area contributed by atoms with Crippen molar-refractivity contribution in [2.24, 2.45) is 0 Å². The Kier molecular flexibility index (Phi) is 5.74. The number of H-pyrrole nitrogens is 1. The molecular formula is C26H19ClN5O. The summed E-state index contributed by atoms with van der Waals surface area (Å²) in [4.78, 5) is 24.6. The Morgan fingerprint density at radius 1 is 1.03 bits per heavy atom. The van der Waals surface area contributed by atoms with Crippen LogP contribution in [0, 0.1) is 6.07 Å². The second-order valence-electron chi connectivity index (χ2n) is 7.48. The van der Waals surface area contributed by atoms with Crippen LogP contribution in [-0.4, -0.2) is 20.9 Å². The zero-order chi connectivity index (χ0) is 22.6. The van der Waals surface area contributed by atoms with Gasteiger partial charge in [0, 0.05) is 34.0 Å². The summed E-state index contributed by atoms with van der Waals surface area (Å²) < 4.78 is 0. The van der Waals surface area contributed by atoms with Crippen LogP contribution >= 0.6 is 11.6 Å². The Morgan fingerprint density at radius 3 is 2.76 bits per heavy atom. The standard InChI is InChI=1S/C26H19ClN5O/c27-22-16-29-26(32-25(22)21-15-28-23-12-5-4-11-20(21)23)31-19-10-6-7-17(13-19)14-24(33)30-18-8-2-1-3-9-18/h2-13,15-16,28H,14H2,(H,30,33)(H,29,31,32). The van der Waals surface area contributed by atoms with Gasteiger partial charge in [0.25, 0.3) is 0 Å². The monoisotopic (exact) mass is 452 g/mol. The summed E-state index contributed by atoms with van der Waals surface area (Å²) in [5.74, 6) is 0.324. The molecule has 2 heterocycles. The summed E-state index contributed by atoms with van der Waals surface area (Å²) in [6.07, 6.45) is 3.73. The van der Waals surface area contributed by atoms with E-state index in [9.17, 15) is 4.79 Å². The number of carbonyl (C=O) groups excluding carboxylic acids is 1. The molecule has 161 valence electrons. The fourth-order valence-electron chi connectivity index (χ4n) is 3.63. The lowest BCUT2D eigenvalue weighted by Gasteiger charge is -2.10. The highest BCUT2D eigenvalue weighted by Crippen LogP contribution is 2.32. The molecule has 7 heteroatoms. The van der Waals surface area contributed by atoms with Gasteiger partial charge in [-0.15, -0.1) is 0 Å². The Labute approximate surface area is 195 Å². The van der Waals surface area contributed by atoms with Crippen LogP contribution in [0.1, 0.15) is 5.56 Å². The van der Waals surface area contributed by atoms with Crippen LogP contribution in [0.4, 0.5) is 17.3 Å². The summed E-state index contributed by atoms with van der Waals surface area (Å²) in [5, 5.41) is 7.60. The van der Waals surface area contributed by atoms with E-state index in [0.717, 1.165) is 33.4 Å². The molecule has 0 atom stereocenters. The lowest BCUT2D eigenvalue weighted by molar-refractivity contribution is -0.115. The lowest BCUT2D eigenvalue weighted by atomic mass is 10.1. The number of hydrogen-bond donors (Lipinski definition) is 3. The molecule has 0 spiro atoms. The zero-order valence-corrected chi connectivity index (χ0v) is 18.2. The van der Waals surface area contributed by atoms with Gasteiger partial charge in [0.05, 0.1) is 23.3 Å². The number of nitrogens with one attached hydrogen (secondary N) is 3. The molecule has 0 aliphatic carbocycles. The number of aromatic nitrogens is 3. The van der Waals surface area contributed by atoms with Crippen molar-refractivity contribution >= 4 is 45.7 Å². The molecule has 3 aromatic carbocycles. The quantitative estimate of drug-likeness (QED) is 0.295. The number of anilines is 3. The van der Waals surface area contributed by atoms with Gasteiger partial charge in [-0.2, -0.15) is 0 Å². The number of aromatic amines is 1. The van der Waals surface area contributed by atoms with Gasteiger partial charge in [-0.3, -0.25) is 4.79 Å². The molecule has 0 aliphatic heterocycles. The molecule has 0 fully saturated rings. The van der Waals surface area contributed by atoms with E-state index in [1.165, 1.54) is 0 Å². The van der Waals surface area contributed by atoms with Gasteiger partial charge in [-0.25, -0.2) is 9.97 Å². The third-order valence-electron chi connectivity index (χ3n) is 5.14. The predicted octanol–water partition coefficient (Wildman–Crippen LogP) is 6.00. The van der Waals surface area contributed by atoms with Crippen molar-refractivity contribution in [3.8, 4) is 11.3 Å². The summed E-state index contributed by atoms with van der Waals surface area (Å²) in [5.41, 5.74) is 4.95. The molecule has 0 saturated heterocycles. The summed E-state index contributed by atoms with van der Waals surface area (Å²) in [7, 11) is 0. The highest BCUT2D eigenvalue weighted by atomic mass is 35.5. The van der Waals surface area contributed by atoms with E-state index in [1.54, 1.807) is 30.5 Å². The van der Waals surface area contributed by atoms with Crippen LogP contribution in [0.5, 0.6) is 0 Å². The Bertz CT molecular complexity index is 1430. The van der Waals surface area contributed by atoms with Crippen molar-refractivity contribution < 1.29 is 4.79 Å². The highest BCUT2D eigenvalue weighted by molar-refractivity contribution is 6.33. The topological polar surface area (TPSA) is 82.7 Å². The van der Waals surface area contributed by atoms with Crippen molar-refractivity contribution in [1.29, 1.82) is 0 Å². The van der Waals surface area contributed by atoms with Crippen molar-refractivity contribution in [2.75, 3.05) is 10.6 Å². The summed E-state index contributed by atoms with van der Waals surface area (Å²) in [6.45, 7) is 0. The van der Waals surface area contributed by atoms with Gasteiger partial charge in [-0.05, 0) is 42.0 Å². The fraction of sp³-hybridized carbons (Fsp3) is 0.0385. The largest absolute Gasteiger partial charge is 0.360 e. The first kappa shape index (κ1) is 20.7. The van der Waals surface area contributed by atoms with Crippen LogP contribution in [0.25, 0.3) is 22.2 Å². The minimum atomic E-state index is -0.0947. The van der Waals surface area contributed by atoms with Crippen molar-refractivity contribution in [1.82, 2.24) is 15.0 Å². The van der Waals surface area contributed by atoms with E-state index < -0.39 is 0 Å². The van der Waals surface area contributed by atoms with Gasteiger partial charge in [0.2, 0.25) is 11.9 Å². The summed E-state index contributed by atoms with van der Waals surface area (Å²) in [6, 6.07) is 25.6. The number of nitrogens with zero attached hydrogens (tertiary/aromatic N) is 2. The third kappa shape index (κ3) is 4.71. The second kappa shape index (κ2) is 9.14. The lowest BCUT2D eigenvalue weighted by Crippen LogP contribution is -2.14. The molecule has 6 nitrogen and oxygen atoms in total. The smallest absolute Gasteiger partial charge is 0.228 e. The minimum Gasteiger partial charge on any atom is -0.360 e.